The number of likely N-dealkylation sites (tertiary alicyclic amines) is 1. The van der Waals surface area contributed by atoms with E-state index >= 15 is 0 Å². The number of nitrogens with two attached hydrogens (primary N) is 1. The van der Waals surface area contributed by atoms with Gasteiger partial charge in [0.05, 0.1) is 0 Å². The molecule has 1 aliphatic rings. The molecular weight excluding hydrogens is 238 g/mol. The molecule has 0 unspecified atom stereocenters. The van der Waals surface area contributed by atoms with Gasteiger partial charge < -0.3 is 15.5 Å². The van der Waals surface area contributed by atoms with Gasteiger partial charge in [0.15, 0.2) is 0 Å². The van der Waals surface area contributed by atoms with Crippen molar-refractivity contribution in [1.29, 1.82) is 0 Å². The first-order chi connectivity index (χ1) is 9.22. The van der Waals surface area contributed by atoms with Crippen LogP contribution in [-0.2, 0) is 4.79 Å². The van der Waals surface area contributed by atoms with Gasteiger partial charge in [0.2, 0.25) is 5.91 Å². The molecule has 104 valence electrons. The molecule has 4 nitrogen and oxygen atoms in total. The van der Waals surface area contributed by atoms with Crippen molar-refractivity contribution in [2.75, 3.05) is 31.6 Å². The Balaban J connectivity index is 1.88. The summed E-state index contributed by atoms with van der Waals surface area (Å²) in [5.41, 5.74) is 6.68. The highest BCUT2D eigenvalue weighted by Gasteiger charge is 2.24. The average Bonchev–Trinajstić information content (AvgIpc) is 2.48. The Morgan fingerprint density at radius 3 is 2.53 bits per heavy atom. The van der Waals surface area contributed by atoms with E-state index in [-0.39, 0.29) is 5.91 Å². The molecule has 0 atom stereocenters. The van der Waals surface area contributed by atoms with Crippen LogP contribution >= 0.6 is 0 Å². The van der Waals surface area contributed by atoms with E-state index in [1.807, 2.05) is 11.0 Å². The summed E-state index contributed by atoms with van der Waals surface area (Å²) < 4.78 is 0. The molecule has 1 amide bonds. The van der Waals surface area contributed by atoms with Gasteiger partial charge in [-0.05, 0) is 25.0 Å². The Morgan fingerprint density at radius 2 is 1.95 bits per heavy atom. The number of anilines is 1. The molecule has 1 aliphatic heterocycles. The molecule has 1 heterocycles. The van der Waals surface area contributed by atoms with Gasteiger partial charge >= 0.3 is 0 Å². The fourth-order valence-corrected chi connectivity index (χ4v) is 2.66. The molecular formula is C15H23N3O. The predicted octanol–water partition coefficient (Wildman–Crippen LogP) is 1.46. The second kappa shape index (κ2) is 6.57. The lowest BCUT2D eigenvalue weighted by atomic mass is 10.0. The van der Waals surface area contributed by atoms with Crippen LogP contribution in [-0.4, -0.2) is 43.5 Å². The third-order valence-electron chi connectivity index (χ3n) is 3.89. The fraction of sp³-hybridized carbons (Fsp3) is 0.533. The Hall–Kier alpha value is -1.55. The molecule has 0 spiro atoms. The number of carbonyl (C=O) groups excluding carboxylic acids is 1. The minimum atomic E-state index is 0.198. The number of rotatable bonds is 4. The summed E-state index contributed by atoms with van der Waals surface area (Å²) in [5, 5.41) is 0. The molecule has 0 saturated carbocycles. The predicted molar refractivity (Wildman–Crippen MR) is 78.1 cm³/mol. The Morgan fingerprint density at radius 1 is 1.32 bits per heavy atom. The lowest BCUT2D eigenvalue weighted by Crippen LogP contribution is -2.46. The van der Waals surface area contributed by atoms with E-state index in [1.54, 1.807) is 0 Å². The zero-order valence-electron chi connectivity index (χ0n) is 11.6. The van der Waals surface area contributed by atoms with Gasteiger partial charge in [-0.15, -0.1) is 0 Å². The summed E-state index contributed by atoms with van der Waals surface area (Å²) >= 11 is 0. The lowest BCUT2D eigenvalue weighted by molar-refractivity contribution is -0.132. The number of carbonyl (C=O) groups is 1. The van der Waals surface area contributed by atoms with Gasteiger partial charge in [0.25, 0.3) is 0 Å². The molecule has 0 bridgehead atoms. The van der Waals surface area contributed by atoms with Crippen LogP contribution in [0.25, 0.3) is 0 Å². The molecule has 1 fully saturated rings. The van der Waals surface area contributed by atoms with Crippen LogP contribution in [0.1, 0.15) is 19.3 Å². The zero-order valence-corrected chi connectivity index (χ0v) is 11.6. The average molecular weight is 261 g/mol. The molecule has 19 heavy (non-hydrogen) atoms. The topological polar surface area (TPSA) is 49.6 Å². The molecule has 0 radical (unpaired) electrons. The van der Waals surface area contributed by atoms with E-state index in [2.05, 4.69) is 36.2 Å². The molecule has 1 aromatic rings. The van der Waals surface area contributed by atoms with E-state index in [0.29, 0.717) is 19.0 Å². The smallest absolute Gasteiger partial charge is 0.223 e. The van der Waals surface area contributed by atoms with Gasteiger partial charge in [-0.25, -0.2) is 0 Å². The molecule has 0 aliphatic carbocycles. The third kappa shape index (κ3) is 3.47. The van der Waals surface area contributed by atoms with Gasteiger partial charge in [-0.2, -0.15) is 0 Å². The largest absolute Gasteiger partial charge is 0.371 e. The number of nitrogens with zero attached hydrogens (tertiary/aromatic N) is 2. The second-order valence-corrected chi connectivity index (χ2v) is 5.10. The summed E-state index contributed by atoms with van der Waals surface area (Å²) in [7, 11) is 2.14. The number of piperidine rings is 1. The first-order valence-electron chi connectivity index (χ1n) is 6.98. The molecule has 1 saturated heterocycles. The standard InChI is InChI=1S/C15H23N3O/c1-17(13-5-3-2-4-6-13)14-8-11-18(12-9-14)15(19)7-10-16/h2-6,14H,7-12,16H2,1H3. The Labute approximate surface area is 115 Å². The molecule has 2 N–H and O–H groups in total. The summed E-state index contributed by atoms with van der Waals surface area (Å²) in [6.07, 6.45) is 2.53. The van der Waals surface area contributed by atoms with Crippen molar-refractivity contribution in [1.82, 2.24) is 4.90 Å². The van der Waals surface area contributed by atoms with E-state index < -0.39 is 0 Å². The Kier molecular flexibility index (Phi) is 4.80. The minimum Gasteiger partial charge on any atom is -0.371 e. The molecule has 4 heteroatoms. The van der Waals surface area contributed by atoms with Crippen molar-refractivity contribution in [3.8, 4) is 0 Å². The normalized spacial score (nSPS) is 16.4. The van der Waals surface area contributed by atoms with Crippen LogP contribution < -0.4 is 10.6 Å². The van der Waals surface area contributed by atoms with Crippen molar-refractivity contribution in [2.45, 2.75) is 25.3 Å². The number of hydrogen-bond donors (Lipinski definition) is 1. The number of hydrogen-bond acceptors (Lipinski definition) is 3. The fourth-order valence-electron chi connectivity index (χ4n) is 2.66. The van der Waals surface area contributed by atoms with Crippen LogP contribution in [0.15, 0.2) is 30.3 Å². The maximum absolute atomic E-state index is 11.8. The maximum atomic E-state index is 11.8. The lowest BCUT2D eigenvalue weighted by Gasteiger charge is -2.37. The monoisotopic (exact) mass is 261 g/mol. The number of amides is 1. The van der Waals surface area contributed by atoms with Crippen LogP contribution in [0.5, 0.6) is 0 Å². The van der Waals surface area contributed by atoms with Gasteiger partial charge in [-0.1, -0.05) is 18.2 Å². The van der Waals surface area contributed by atoms with E-state index in [4.69, 9.17) is 5.73 Å². The van der Waals surface area contributed by atoms with Crippen molar-refractivity contribution in [2.24, 2.45) is 5.73 Å². The van der Waals surface area contributed by atoms with E-state index in [1.165, 1.54) is 5.69 Å². The van der Waals surface area contributed by atoms with Gasteiger partial charge in [0.1, 0.15) is 0 Å². The highest BCUT2D eigenvalue weighted by Crippen LogP contribution is 2.21. The second-order valence-electron chi connectivity index (χ2n) is 5.10. The Bertz CT molecular complexity index is 399. The minimum absolute atomic E-state index is 0.198. The maximum Gasteiger partial charge on any atom is 0.223 e. The highest BCUT2D eigenvalue weighted by atomic mass is 16.2. The first-order valence-corrected chi connectivity index (χ1v) is 6.98. The van der Waals surface area contributed by atoms with Crippen LogP contribution in [0, 0.1) is 0 Å². The zero-order chi connectivity index (χ0) is 13.7. The summed E-state index contributed by atoms with van der Waals surface area (Å²) in [4.78, 5) is 16.0. The van der Waals surface area contributed by atoms with Crippen LogP contribution in [0.3, 0.4) is 0 Å². The van der Waals surface area contributed by atoms with E-state index in [9.17, 15) is 4.79 Å². The molecule has 0 aromatic heterocycles. The van der Waals surface area contributed by atoms with E-state index in [0.717, 1.165) is 25.9 Å². The quantitative estimate of drug-likeness (QED) is 0.892. The number of para-hydroxylation sites is 1. The van der Waals surface area contributed by atoms with Crippen LogP contribution in [0.4, 0.5) is 5.69 Å². The highest BCUT2D eigenvalue weighted by molar-refractivity contribution is 5.76. The van der Waals surface area contributed by atoms with Gasteiger partial charge in [-0.3, -0.25) is 4.79 Å². The first kappa shape index (κ1) is 13.9. The van der Waals surface area contributed by atoms with Crippen molar-refractivity contribution < 1.29 is 4.79 Å². The van der Waals surface area contributed by atoms with Crippen molar-refractivity contribution >= 4 is 11.6 Å². The van der Waals surface area contributed by atoms with Crippen molar-refractivity contribution in [3.63, 3.8) is 0 Å². The van der Waals surface area contributed by atoms with Crippen molar-refractivity contribution in [3.05, 3.63) is 30.3 Å². The van der Waals surface area contributed by atoms with Gasteiger partial charge in [0, 0.05) is 44.8 Å². The summed E-state index contributed by atoms with van der Waals surface area (Å²) in [6, 6.07) is 10.9. The molecule has 1 aromatic carbocycles. The number of benzene rings is 1. The summed E-state index contributed by atoms with van der Waals surface area (Å²) in [6.45, 7) is 2.14. The SMILES string of the molecule is CN(c1ccccc1)C1CCN(C(=O)CCN)CC1. The molecule has 2 rings (SSSR count). The van der Waals surface area contributed by atoms with Crippen LogP contribution in [0.2, 0.25) is 0 Å². The third-order valence-corrected chi connectivity index (χ3v) is 3.89. The summed E-state index contributed by atoms with van der Waals surface area (Å²) in [5.74, 6) is 0.198.